The number of carboxylic acids is 1. The normalized spacial score (nSPS) is 23.6. The number of rotatable bonds is 7. The second-order valence-electron chi connectivity index (χ2n) is 5.60. The monoisotopic (exact) mass is 286 g/mol. The fourth-order valence-corrected chi connectivity index (χ4v) is 2.52. The van der Waals surface area contributed by atoms with E-state index in [9.17, 15) is 14.7 Å². The summed E-state index contributed by atoms with van der Waals surface area (Å²) < 4.78 is 0. The van der Waals surface area contributed by atoms with Gasteiger partial charge in [0.15, 0.2) is 0 Å². The third-order valence-corrected chi connectivity index (χ3v) is 3.69. The topological polar surface area (TPSA) is 89.9 Å². The number of nitrogens with zero attached hydrogens (tertiary/aromatic N) is 1. The molecule has 20 heavy (non-hydrogen) atoms. The lowest BCUT2D eigenvalue weighted by Crippen LogP contribution is -2.48. The maximum Gasteiger partial charge on any atom is 0.326 e. The quantitative estimate of drug-likeness (QED) is 0.620. The van der Waals surface area contributed by atoms with Gasteiger partial charge < -0.3 is 20.4 Å². The van der Waals surface area contributed by atoms with Crippen LogP contribution in [0, 0.1) is 0 Å². The van der Waals surface area contributed by atoms with Gasteiger partial charge in [0.2, 0.25) is 0 Å². The first-order valence-electron chi connectivity index (χ1n) is 7.43. The van der Waals surface area contributed by atoms with E-state index in [4.69, 9.17) is 5.11 Å². The number of aliphatic hydroxyl groups is 1. The fourth-order valence-electron chi connectivity index (χ4n) is 2.52. The summed E-state index contributed by atoms with van der Waals surface area (Å²) in [6, 6.07) is -1.29. The fraction of sp³-hybridized carbons (Fsp3) is 0.857. The summed E-state index contributed by atoms with van der Waals surface area (Å²) >= 11 is 0. The number of aliphatic hydroxyl groups excluding tert-OH is 1. The number of carboxylic acid groups (broad SMARTS) is 1. The van der Waals surface area contributed by atoms with Gasteiger partial charge in [0.25, 0.3) is 0 Å². The van der Waals surface area contributed by atoms with Crippen molar-refractivity contribution >= 4 is 12.0 Å². The van der Waals surface area contributed by atoms with E-state index >= 15 is 0 Å². The Hall–Kier alpha value is -1.30. The average Bonchev–Trinajstić information content (AvgIpc) is 2.77. The molecule has 0 aliphatic carbocycles. The van der Waals surface area contributed by atoms with Crippen LogP contribution in [0.5, 0.6) is 0 Å². The van der Waals surface area contributed by atoms with E-state index in [-0.39, 0.29) is 19.0 Å². The third-order valence-electron chi connectivity index (χ3n) is 3.69. The molecule has 0 saturated carbocycles. The molecule has 1 heterocycles. The molecular weight excluding hydrogens is 260 g/mol. The van der Waals surface area contributed by atoms with Crippen molar-refractivity contribution in [2.24, 2.45) is 0 Å². The summed E-state index contributed by atoms with van der Waals surface area (Å²) in [6.45, 7) is 4.16. The number of urea groups is 1. The van der Waals surface area contributed by atoms with Gasteiger partial charge in [0, 0.05) is 19.0 Å². The molecule has 116 valence electrons. The molecule has 1 aliphatic heterocycles. The maximum atomic E-state index is 12.0. The molecule has 3 atom stereocenters. The number of carbonyl (C=O) groups excluding carboxylic acids is 1. The zero-order valence-corrected chi connectivity index (χ0v) is 12.3. The highest BCUT2D eigenvalue weighted by Gasteiger charge is 2.39. The molecular formula is C14H26N2O4. The van der Waals surface area contributed by atoms with Gasteiger partial charge in [0.05, 0.1) is 6.10 Å². The molecule has 3 unspecified atom stereocenters. The molecule has 6 nitrogen and oxygen atoms in total. The van der Waals surface area contributed by atoms with Gasteiger partial charge in [-0.25, -0.2) is 9.59 Å². The van der Waals surface area contributed by atoms with Crippen LogP contribution in [-0.2, 0) is 4.79 Å². The smallest absolute Gasteiger partial charge is 0.326 e. The third kappa shape index (κ3) is 5.00. The van der Waals surface area contributed by atoms with Crippen LogP contribution in [0.25, 0.3) is 0 Å². The Bertz CT molecular complexity index is 335. The summed E-state index contributed by atoms with van der Waals surface area (Å²) in [4.78, 5) is 24.3. The van der Waals surface area contributed by atoms with E-state index in [2.05, 4.69) is 12.2 Å². The van der Waals surface area contributed by atoms with Gasteiger partial charge in [-0.1, -0.05) is 32.6 Å². The molecule has 3 N–H and O–H groups in total. The number of β-amino-alcohol motifs (C(OH)–C–C–N with tert-alkyl or cyclic N) is 1. The average molecular weight is 286 g/mol. The summed E-state index contributed by atoms with van der Waals surface area (Å²) in [5.74, 6) is -1.06. The van der Waals surface area contributed by atoms with Gasteiger partial charge in [0.1, 0.15) is 6.04 Å². The molecule has 1 saturated heterocycles. The first-order chi connectivity index (χ1) is 9.45. The van der Waals surface area contributed by atoms with Crippen molar-refractivity contribution in [1.29, 1.82) is 0 Å². The number of hydrogen-bond acceptors (Lipinski definition) is 3. The largest absolute Gasteiger partial charge is 0.480 e. The van der Waals surface area contributed by atoms with Gasteiger partial charge in [-0.3, -0.25) is 0 Å². The number of likely N-dealkylation sites (tertiary alicyclic amines) is 1. The van der Waals surface area contributed by atoms with Crippen molar-refractivity contribution in [2.75, 3.05) is 6.54 Å². The zero-order chi connectivity index (χ0) is 15.1. The highest BCUT2D eigenvalue weighted by molar-refractivity contribution is 5.83. The van der Waals surface area contributed by atoms with Crippen molar-refractivity contribution in [1.82, 2.24) is 10.2 Å². The minimum Gasteiger partial charge on any atom is -0.480 e. The standard InChI is InChI=1S/C14H26N2O4/c1-3-4-5-6-7-10(2)15-14(20)16-9-11(17)8-12(16)13(18)19/h10-12,17H,3-9H2,1-2H3,(H,15,20)(H,18,19). The predicted molar refractivity (Wildman–Crippen MR) is 75.5 cm³/mol. The number of amides is 2. The van der Waals surface area contributed by atoms with E-state index in [0.29, 0.717) is 0 Å². The van der Waals surface area contributed by atoms with E-state index < -0.39 is 24.1 Å². The second-order valence-corrected chi connectivity index (χ2v) is 5.60. The predicted octanol–water partition coefficient (Wildman–Crippen LogP) is 1.57. The van der Waals surface area contributed by atoms with Crippen LogP contribution < -0.4 is 5.32 Å². The van der Waals surface area contributed by atoms with Crippen molar-refractivity contribution < 1.29 is 19.8 Å². The summed E-state index contributed by atoms with van der Waals surface area (Å²) in [5, 5.41) is 21.4. The molecule has 0 aromatic rings. The molecule has 6 heteroatoms. The van der Waals surface area contributed by atoms with Crippen molar-refractivity contribution in [3.05, 3.63) is 0 Å². The highest BCUT2D eigenvalue weighted by atomic mass is 16.4. The lowest BCUT2D eigenvalue weighted by Gasteiger charge is -2.24. The molecule has 0 spiro atoms. The Kier molecular flexibility index (Phi) is 6.78. The van der Waals surface area contributed by atoms with E-state index in [1.165, 1.54) is 17.7 Å². The number of nitrogens with one attached hydrogen (secondary N) is 1. The van der Waals surface area contributed by atoms with Crippen LogP contribution in [0.3, 0.4) is 0 Å². The second kappa shape index (κ2) is 8.09. The van der Waals surface area contributed by atoms with E-state index in [1.54, 1.807) is 0 Å². The van der Waals surface area contributed by atoms with Gasteiger partial charge in [-0.2, -0.15) is 0 Å². The minimum absolute atomic E-state index is 0.0199. The van der Waals surface area contributed by atoms with Gasteiger partial charge >= 0.3 is 12.0 Å². The van der Waals surface area contributed by atoms with E-state index in [1.807, 2.05) is 6.92 Å². The number of aliphatic carboxylic acids is 1. The zero-order valence-electron chi connectivity index (χ0n) is 12.3. The molecule has 0 aromatic carbocycles. The molecule has 0 radical (unpaired) electrons. The number of hydrogen-bond donors (Lipinski definition) is 3. The summed E-state index contributed by atoms with van der Waals surface area (Å²) in [7, 11) is 0. The maximum absolute atomic E-state index is 12.0. The molecule has 0 bridgehead atoms. The van der Waals surface area contributed by atoms with Crippen LogP contribution in [0.2, 0.25) is 0 Å². The Labute approximate surface area is 120 Å². The lowest BCUT2D eigenvalue weighted by molar-refractivity contribution is -0.141. The molecule has 1 rings (SSSR count). The summed E-state index contributed by atoms with van der Waals surface area (Å²) in [5.41, 5.74) is 0. The Morgan fingerprint density at radius 3 is 2.65 bits per heavy atom. The molecule has 1 aliphatic rings. The summed E-state index contributed by atoms with van der Waals surface area (Å²) in [6.07, 6.45) is 4.82. The van der Waals surface area contributed by atoms with Crippen molar-refractivity contribution in [2.45, 2.75) is 70.6 Å². The van der Waals surface area contributed by atoms with Crippen LogP contribution >= 0.6 is 0 Å². The molecule has 1 fully saturated rings. The first kappa shape index (κ1) is 16.8. The Morgan fingerprint density at radius 2 is 2.05 bits per heavy atom. The first-order valence-corrected chi connectivity index (χ1v) is 7.43. The Morgan fingerprint density at radius 1 is 1.35 bits per heavy atom. The minimum atomic E-state index is -1.06. The van der Waals surface area contributed by atoms with Crippen LogP contribution in [0.4, 0.5) is 4.79 Å². The van der Waals surface area contributed by atoms with Crippen LogP contribution in [-0.4, -0.2) is 51.8 Å². The van der Waals surface area contributed by atoms with Crippen molar-refractivity contribution in [3.63, 3.8) is 0 Å². The number of unbranched alkanes of at least 4 members (excludes halogenated alkanes) is 3. The Balaban J connectivity index is 2.39. The van der Waals surface area contributed by atoms with Crippen LogP contribution in [0.15, 0.2) is 0 Å². The van der Waals surface area contributed by atoms with Gasteiger partial charge in [-0.05, 0) is 13.3 Å². The van der Waals surface area contributed by atoms with E-state index in [0.717, 1.165) is 19.3 Å². The van der Waals surface area contributed by atoms with Crippen LogP contribution in [0.1, 0.15) is 52.4 Å². The lowest BCUT2D eigenvalue weighted by atomic mass is 10.1. The van der Waals surface area contributed by atoms with Crippen molar-refractivity contribution in [3.8, 4) is 0 Å². The van der Waals surface area contributed by atoms with Gasteiger partial charge in [-0.15, -0.1) is 0 Å². The molecule has 2 amide bonds. The SMILES string of the molecule is CCCCCCC(C)NC(=O)N1CC(O)CC1C(=O)O. The number of carbonyl (C=O) groups is 2. The molecule has 0 aromatic heterocycles. The highest BCUT2D eigenvalue weighted by Crippen LogP contribution is 2.18.